The molecule has 2 heteroatoms. The van der Waals surface area contributed by atoms with Crippen molar-refractivity contribution in [2.45, 2.75) is 12.3 Å². The Morgan fingerprint density at radius 2 is 2.00 bits per heavy atom. The van der Waals surface area contributed by atoms with Gasteiger partial charge in [-0.05, 0) is 40.8 Å². The van der Waals surface area contributed by atoms with Crippen LogP contribution in [0.5, 0.6) is 5.75 Å². The van der Waals surface area contributed by atoms with Gasteiger partial charge in [-0.25, -0.2) is 0 Å². The number of hydrogen-bond acceptors (Lipinski definition) is 2. The first-order valence-corrected chi connectivity index (χ1v) is 6.96. The van der Waals surface area contributed by atoms with Crippen LogP contribution in [0.25, 0.3) is 5.57 Å². The Bertz CT molecular complexity index is 631. The summed E-state index contributed by atoms with van der Waals surface area (Å²) < 4.78 is 5.35. The average Bonchev–Trinajstić information content (AvgIpc) is 2.86. The van der Waals surface area contributed by atoms with Crippen molar-refractivity contribution < 1.29 is 4.74 Å². The van der Waals surface area contributed by atoms with Crippen molar-refractivity contribution in [1.29, 1.82) is 0 Å². The Morgan fingerprint density at radius 1 is 1.20 bits per heavy atom. The number of methoxy groups -OCH3 is 1. The highest BCUT2D eigenvalue weighted by Gasteiger charge is 2.28. The third-order valence-electron chi connectivity index (χ3n) is 3.97. The fourth-order valence-electron chi connectivity index (χ4n) is 3.01. The molecule has 1 aliphatic rings. The van der Waals surface area contributed by atoms with Gasteiger partial charge in [-0.15, -0.1) is 0 Å². The lowest BCUT2D eigenvalue weighted by molar-refractivity contribution is 0.414. The van der Waals surface area contributed by atoms with Crippen molar-refractivity contribution in [2.24, 2.45) is 5.73 Å². The van der Waals surface area contributed by atoms with E-state index in [2.05, 4.69) is 48.5 Å². The van der Waals surface area contributed by atoms with Gasteiger partial charge in [0.2, 0.25) is 0 Å². The van der Waals surface area contributed by atoms with Crippen LogP contribution < -0.4 is 10.5 Å². The minimum Gasteiger partial charge on any atom is -0.497 e. The van der Waals surface area contributed by atoms with Crippen LogP contribution >= 0.6 is 0 Å². The van der Waals surface area contributed by atoms with E-state index >= 15 is 0 Å². The van der Waals surface area contributed by atoms with Gasteiger partial charge in [0.05, 0.1) is 7.11 Å². The average molecular weight is 265 g/mol. The number of fused-ring (bicyclic) bond motifs is 1. The number of benzene rings is 2. The fraction of sp³-hybridized carbons (Fsp3) is 0.222. The van der Waals surface area contributed by atoms with Gasteiger partial charge in [0.1, 0.15) is 5.75 Å². The molecule has 0 radical (unpaired) electrons. The molecule has 0 saturated heterocycles. The second-order valence-corrected chi connectivity index (χ2v) is 5.09. The molecule has 3 rings (SSSR count). The Labute approximate surface area is 119 Å². The topological polar surface area (TPSA) is 35.2 Å². The molecule has 102 valence electrons. The normalized spacial score (nSPS) is 19.1. The zero-order valence-corrected chi connectivity index (χ0v) is 11.7. The van der Waals surface area contributed by atoms with E-state index in [1.165, 1.54) is 22.3 Å². The smallest absolute Gasteiger partial charge is 0.119 e. The molecule has 0 aliphatic heterocycles. The molecule has 1 atom stereocenters. The maximum atomic E-state index is 5.77. The van der Waals surface area contributed by atoms with Crippen molar-refractivity contribution in [3.05, 3.63) is 71.3 Å². The van der Waals surface area contributed by atoms with E-state index in [0.29, 0.717) is 12.5 Å². The third-order valence-corrected chi connectivity index (χ3v) is 3.97. The van der Waals surface area contributed by atoms with Crippen LogP contribution in [0, 0.1) is 0 Å². The molecule has 0 heterocycles. The first-order valence-electron chi connectivity index (χ1n) is 6.96. The quantitative estimate of drug-likeness (QED) is 0.923. The first kappa shape index (κ1) is 12.9. The van der Waals surface area contributed by atoms with E-state index in [0.717, 1.165) is 12.2 Å². The van der Waals surface area contributed by atoms with Gasteiger partial charge in [-0.2, -0.15) is 0 Å². The van der Waals surface area contributed by atoms with E-state index in [4.69, 9.17) is 10.5 Å². The van der Waals surface area contributed by atoms with Crippen LogP contribution in [0.4, 0.5) is 0 Å². The van der Waals surface area contributed by atoms with Crippen LogP contribution in [0.3, 0.4) is 0 Å². The fourth-order valence-corrected chi connectivity index (χ4v) is 3.01. The predicted octanol–water partition coefficient (Wildman–Crippen LogP) is 3.38. The molecular weight excluding hydrogens is 246 g/mol. The summed E-state index contributed by atoms with van der Waals surface area (Å²) in [5.41, 5.74) is 11.1. The van der Waals surface area contributed by atoms with Crippen molar-refractivity contribution in [3.8, 4) is 5.75 Å². The van der Waals surface area contributed by atoms with E-state index in [1.54, 1.807) is 7.11 Å². The highest BCUT2D eigenvalue weighted by Crippen LogP contribution is 2.44. The van der Waals surface area contributed by atoms with E-state index < -0.39 is 0 Å². The minimum absolute atomic E-state index is 0.404. The second-order valence-electron chi connectivity index (χ2n) is 5.09. The van der Waals surface area contributed by atoms with Gasteiger partial charge >= 0.3 is 0 Å². The van der Waals surface area contributed by atoms with Gasteiger partial charge in [0, 0.05) is 12.5 Å². The maximum Gasteiger partial charge on any atom is 0.119 e. The lowest BCUT2D eigenvalue weighted by Crippen LogP contribution is -2.01. The van der Waals surface area contributed by atoms with Gasteiger partial charge in [-0.3, -0.25) is 0 Å². The molecule has 0 spiro atoms. The number of ether oxygens (including phenoxy) is 1. The summed E-state index contributed by atoms with van der Waals surface area (Å²) in [6.45, 7) is 0.565. The van der Waals surface area contributed by atoms with Gasteiger partial charge in [-0.1, -0.05) is 42.5 Å². The monoisotopic (exact) mass is 265 g/mol. The zero-order valence-electron chi connectivity index (χ0n) is 11.7. The molecule has 0 saturated carbocycles. The largest absolute Gasteiger partial charge is 0.497 e. The minimum atomic E-state index is 0.404. The molecule has 1 unspecified atom stereocenters. The molecular formula is C18H19NO. The highest BCUT2D eigenvalue weighted by molar-refractivity contribution is 5.79. The van der Waals surface area contributed by atoms with Crippen LogP contribution in [-0.2, 0) is 6.42 Å². The van der Waals surface area contributed by atoms with Crippen molar-refractivity contribution in [3.63, 3.8) is 0 Å². The Kier molecular flexibility index (Phi) is 3.57. The summed E-state index contributed by atoms with van der Waals surface area (Å²) in [6, 6.07) is 17.0. The summed E-state index contributed by atoms with van der Waals surface area (Å²) in [7, 11) is 1.71. The van der Waals surface area contributed by atoms with E-state index in [1.807, 2.05) is 6.07 Å². The Morgan fingerprint density at radius 3 is 2.70 bits per heavy atom. The second kappa shape index (κ2) is 5.51. The SMILES string of the molecule is COc1ccc2c(c1)/C(=C\CN)C(c1ccccc1)C2. The van der Waals surface area contributed by atoms with Gasteiger partial charge in [0.25, 0.3) is 0 Å². The van der Waals surface area contributed by atoms with Crippen LogP contribution in [-0.4, -0.2) is 13.7 Å². The van der Waals surface area contributed by atoms with Crippen molar-refractivity contribution in [2.75, 3.05) is 13.7 Å². The number of allylic oxidation sites excluding steroid dienone is 1. The molecule has 2 aromatic carbocycles. The summed E-state index contributed by atoms with van der Waals surface area (Å²) in [4.78, 5) is 0. The molecule has 0 bridgehead atoms. The number of hydrogen-bond donors (Lipinski definition) is 1. The molecule has 0 aromatic heterocycles. The molecule has 0 fully saturated rings. The standard InChI is InChI=1S/C18H19NO/c1-20-15-8-7-14-11-17(13-5-3-2-4-6-13)16(9-10-19)18(14)12-15/h2-9,12,17H,10-11,19H2,1H3/b16-9-. The molecule has 20 heavy (non-hydrogen) atoms. The molecule has 2 aromatic rings. The summed E-state index contributed by atoms with van der Waals surface area (Å²) in [5.74, 6) is 1.31. The zero-order chi connectivity index (χ0) is 13.9. The van der Waals surface area contributed by atoms with Crippen LogP contribution in [0.1, 0.15) is 22.6 Å². The number of rotatable bonds is 3. The summed E-state index contributed by atoms with van der Waals surface area (Å²) in [6.07, 6.45) is 3.18. The number of nitrogens with two attached hydrogens (primary N) is 1. The lowest BCUT2D eigenvalue weighted by Gasteiger charge is -2.13. The lowest BCUT2D eigenvalue weighted by atomic mass is 9.91. The maximum absolute atomic E-state index is 5.77. The predicted molar refractivity (Wildman–Crippen MR) is 82.9 cm³/mol. The van der Waals surface area contributed by atoms with E-state index in [-0.39, 0.29) is 0 Å². The van der Waals surface area contributed by atoms with Gasteiger partial charge in [0.15, 0.2) is 0 Å². The molecule has 0 amide bonds. The molecule has 2 N–H and O–H groups in total. The highest BCUT2D eigenvalue weighted by atomic mass is 16.5. The van der Waals surface area contributed by atoms with Crippen molar-refractivity contribution in [1.82, 2.24) is 0 Å². The summed E-state index contributed by atoms with van der Waals surface area (Å²) in [5, 5.41) is 0. The molecule has 1 aliphatic carbocycles. The Hall–Kier alpha value is -2.06. The van der Waals surface area contributed by atoms with Crippen LogP contribution in [0.2, 0.25) is 0 Å². The first-order chi connectivity index (χ1) is 9.83. The van der Waals surface area contributed by atoms with Gasteiger partial charge < -0.3 is 10.5 Å². The third kappa shape index (κ3) is 2.23. The Balaban J connectivity index is 2.06. The van der Waals surface area contributed by atoms with Crippen molar-refractivity contribution >= 4 is 5.57 Å². The van der Waals surface area contributed by atoms with E-state index in [9.17, 15) is 0 Å². The van der Waals surface area contributed by atoms with Crippen LogP contribution in [0.15, 0.2) is 54.6 Å². The molecule has 2 nitrogen and oxygen atoms in total. The summed E-state index contributed by atoms with van der Waals surface area (Å²) >= 11 is 0.